The Morgan fingerprint density at radius 3 is 2.53 bits per heavy atom. The van der Waals surface area contributed by atoms with Gasteiger partial charge in [-0.15, -0.1) is 0 Å². The van der Waals surface area contributed by atoms with Crippen LogP contribution in [0.25, 0.3) is 0 Å². The maximum Gasteiger partial charge on any atom is 0.433 e. The summed E-state index contributed by atoms with van der Waals surface area (Å²) < 4.78 is 38.1. The quantitative estimate of drug-likeness (QED) is 0.584. The van der Waals surface area contributed by atoms with Gasteiger partial charge in [0.25, 0.3) is 5.56 Å². The fraction of sp³-hybridized carbons (Fsp3) is 0.500. The third kappa shape index (κ3) is 2.53. The number of aromatic nitrogens is 2. The minimum Gasteiger partial charge on any atom is -0.288 e. The van der Waals surface area contributed by atoms with Gasteiger partial charge >= 0.3 is 6.18 Å². The first-order valence-corrected chi connectivity index (χ1v) is 5.35. The summed E-state index contributed by atoms with van der Waals surface area (Å²) >= 11 is 1.02. The summed E-state index contributed by atoms with van der Waals surface area (Å²) in [5.74, 6) is 0. The van der Waals surface area contributed by atoms with E-state index in [0.717, 1.165) is 11.8 Å². The molecule has 0 radical (unpaired) electrons. The van der Waals surface area contributed by atoms with Crippen LogP contribution >= 0.6 is 11.8 Å². The van der Waals surface area contributed by atoms with E-state index in [4.69, 9.17) is 0 Å². The molecular formula is C8H9F3N2OS. The van der Waals surface area contributed by atoms with E-state index >= 15 is 0 Å². The number of hydrogen-bond donors (Lipinski definition) is 0. The molecule has 0 aliphatic heterocycles. The second kappa shape index (κ2) is 4.26. The number of alkyl halides is 3. The van der Waals surface area contributed by atoms with Gasteiger partial charge in [-0.25, -0.2) is 4.98 Å². The van der Waals surface area contributed by atoms with Crippen LogP contribution in [0.15, 0.2) is 16.0 Å². The van der Waals surface area contributed by atoms with Crippen LogP contribution in [0.4, 0.5) is 13.2 Å². The highest BCUT2D eigenvalue weighted by atomic mass is 32.2. The summed E-state index contributed by atoms with van der Waals surface area (Å²) in [6.07, 6.45) is -3.00. The molecule has 1 heterocycles. The van der Waals surface area contributed by atoms with Crippen molar-refractivity contribution in [2.45, 2.75) is 24.8 Å². The van der Waals surface area contributed by atoms with Crippen molar-refractivity contribution in [3.8, 4) is 0 Å². The lowest BCUT2D eigenvalue weighted by Crippen LogP contribution is -2.25. The number of halogens is 3. The molecule has 0 aromatic carbocycles. The van der Waals surface area contributed by atoms with Crippen LogP contribution in [-0.2, 0) is 12.7 Å². The molecule has 0 bridgehead atoms. The van der Waals surface area contributed by atoms with Crippen molar-refractivity contribution >= 4 is 11.8 Å². The fourth-order valence-electron chi connectivity index (χ4n) is 1.08. The molecule has 1 aromatic heterocycles. The smallest absolute Gasteiger partial charge is 0.288 e. The summed E-state index contributed by atoms with van der Waals surface area (Å²) in [6, 6.07) is 0.517. The predicted molar refractivity (Wildman–Crippen MR) is 51.0 cm³/mol. The van der Waals surface area contributed by atoms with Crippen molar-refractivity contribution in [3.05, 3.63) is 22.1 Å². The number of hydrogen-bond acceptors (Lipinski definition) is 3. The van der Waals surface area contributed by atoms with E-state index in [1.54, 1.807) is 13.2 Å². The Bertz CT molecular complexity index is 413. The van der Waals surface area contributed by atoms with Crippen LogP contribution in [0.2, 0.25) is 0 Å². The lowest BCUT2D eigenvalue weighted by molar-refractivity contribution is -0.141. The van der Waals surface area contributed by atoms with E-state index in [9.17, 15) is 18.0 Å². The maximum absolute atomic E-state index is 12.3. The summed E-state index contributed by atoms with van der Waals surface area (Å²) in [5.41, 5.74) is -1.81. The molecule has 0 unspecified atom stereocenters. The minimum absolute atomic E-state index is 0.0809. The van der Waals surface area contributed by atoms with E-state index in [1.807, 2.05) is 0 Å². The molecule has 0 aliphatic carbocycles. The Balaban J connectivity index is 3.39. The average molecular weight is 238 g/mol. The van der Waals surface area contributed by atoms with Gasteiger partial charge in [-0.3, -0.25) is 9.36 Å². The molecule has 0 atom stereocenters. The molecule has 0 saturated heterocycles. The van der Waals surface area contributed by atoms with E-state index in [-0.39, 0.29) is 5.16 Å². The zero-order valence-electron chi connectivity index (χ0n) is 8.13. The van der Waals surface area contributed by atoms with Crippen LogP contribution in [-0.4, -0.2) is 15.8 Å². The SMILES string of the molecule is CCn1c(SC)nc(C(F)(F)F)cc1=O. The van der Waals surface area contributed by atoms with Gasteiger partial charge < -0.3 is 0 Å². The van der Waals surface area contributed by atoms with Crippen molar-refractivity contribution in [3.63, 3.8) is 0 Å². The summed E-state index contributed by atoms with van der Waals surface area (Å²) in [5, 5.41) is 0.0809. The zero-order chi connectivity index (χ0) is 11.6. The van der Waals surface area contributed by atoms with Crippen LogP contribution < -0.4 is 5.56 Å². The Kier molecular flexibility index (Phi) is 3.43. The van der Waals surface area contributed by atoms with Gasteiger partial charge in [0.05, 0.1) is 0 Å². The molecule has 0 spiro atoms. The zero-order valence-corrected chi connectivity index (χ0v) is 8.95. The van der Waals surface area contributed by atoms with Crippen LogP contribution in [0.5, 0.6) is 0 Å². The highest BCUT2D eigenvalue weighted by Crippen LogP contribution is 2.27. The second-order valence-electron chi connectivity index (χ2n) is 2.71. The van der Waals surface area contributed by atoms with Gasteiger partial charge in [-0.2, -0.15) is 13.2 Å². The molecule has 0 aliphatic rings. The lowest BCUT2D eigenvalue weighted by atomic mass is 10.4. The number of nitrogens with zero attached hydrogens (tertiary/aromatic N) is 2. The highest BCUT2D eigenvalue weighted by Gasteiger charge is 2.33. The Hall–Kier alpha value is -0.980. The first kappa shape index (κ1) is 12.1. The van der Waals surface area contributed by atoms with Gasteiger partial charge in [-0.1, -0.05) is 11.8 Å². The first-order chi connectivity index (χ1) is 6.90. The Morgan fingerprint density at radius 2 is 2.13 bits per heavy atom. The minimum atomic E-state index is -4.57. The van der Waals surface area contributed by atoms with Gasteiger partial charge in [-0.05, 0) is 13.2 Å². The largest absolute Gasteiger partial charge is 0.433 e. The van der Waals surface area contributed by atoms with Crippen molar-refractivity contribution in [2.24, 2.45) is 0 Å². The summed E-state index contributed by atoms with van der Waals surface area (Å²) in [7, 11) is 0. The first-order valence-electron chi connectivity index (χ1n) is 4.13. The Morgan fingerprint density at radius 1 is 1.53 bits per heavy atom. The van der Waals surface area contributed by atoms with E-state index in [0.29, 0.717) is 12.6 Å². The van der Waals surface area contributed by atoms with Crippen LogP contribution in [0.3, 0.4) is 0 Å². The standard InChI is InChI=1S/C8H9F3N2OS/c1-3-13-6(14)4-5(8(9,10)11)12-7(13)15-2/h4H,3H2,1-2H3. The molecule has 3 nitrogen and oxygen atoms in total. The van der Waals surface area contributed by atoms with E-state index < -0.39 is 17.4 Å². The molecule has 0 N–H and O–H groups in total. The molecule has 0 fully saturated rings. The highest BCUT2D eigenvalue weighted by molar-refractivity contribution is 7.98. The normalized spacial score (nSPS) is 11.8. The van der Waals surface area contributed by atoms with Gasteiger partial charge in [0.15, 0.2) is 10.9 Å². The molecule has 15 heavy (non-hydrogen) atoms. The summed E-state index contributed by atoms with van der Waals surface area (Å²) in [6.45, 7) is 1.98. The third-order valence-electron chi connectivity index (χ3n) is 1.76. The van der Waals surface area contributed by atoms with Crippen molar-refractivity contribution in [1.29, 1.82) is 0 Å². The monoisotopic (exact) mass is 238 g/mol. The van der Waals surface area contributed by atoms with Crippen molar-refractivity contribution in [1.82, 2.24) is 9.55 Å². The molecule has 0 saturated carbocycles. The van der Waals surface area contributed by atoms with Crippen molar-refractivity contribution in [2.75, 3.05) is 6.26 Å². The topological polar surface area (TPSA) is 34.9 Å². The van der Waals surface area contributed by atoms with Gasteiger partial charge in [0.2, 0.25) is 0 Å². The number of rotatable bonds is 2. The molecule has 1 aromatic rings. The Labute approximate surface area is 88.3 Å². The maximum atomic E-state index is 12.3. The predicted octanol–water partition coefficient (Wildman–Crippen LogP) is 2.00. The van der Waals surface area contributed by atoms with E-state index in [2.05, 4.69) is 4.98 Å². The third-order valence-corrected chi connectivity index (χ3v) is 2.44. The fourth-order valence-corrected chi connectivity index (χ4v) is 1.71. The van der Waals surface area contributed by atoms with Crippen LogP contribution in [0.1, 0.15) is 12.6 Å². The van der Waals surface area contributed by atoms with Crippen LogP contribution in [0, 0.1) is 0 Å². The van der Waals surface area contributed by atoms with E-state index in [1.165, 1.54) is 4.57 Å². The van der Waals surface area contributed by atoms with Gasteiger partial charge in [0, 0.05) is 12.6 Å². The number of thioether (sulfide) groups is 1. The lowest BCUT2D eigenvalue weighted by Gasteiger charge is -2.11. The summed E-state index contributed by atoms with van der Waals surface area (Å²) in [4.78, 5) is 14.7. The molecule has 0 amide bonds. The molecule has 7 heteroatoms. The molecule has 84 valence electrons. The average Bonchev–Trinajstić information content (AvgIpc) is 2.15. The molecular weight excluding hydrogens is 229 g/mol. The second-order valence-corrected chi connectivity index (χ2v) is 3.48. The van der Waals surface area contributed by atoms with Crippen molar-refractivity contribution < 1.29 is 13.2 Å². The molecule has 1 rings (SSSR count). The van der Waals surface area contributed by atoms with Gasteiger partial charge in [0.1, 0.15) is 0 Å².